The van der Waals surface area contributed by atoms with Gasteiger partial charge >= 0.3 is 0 Å². The van der Waals surface area contributed by atoms with Gasteiger partial charge in [0.15, 0.2) is 0 Å². The normalized spacial score (nSPS) is 11.6. The zero-order chi connectivity index (χ0) is 17.2. The Morgan fingerprint density at radius 3 is 2.50 bits per heavy atom. The molecule has 0 bridgehead atoms. The first-order chi connectivity index (χ1) is 11.5. The molecular formula is C18H18N2O3S. The van der Waals surface area contributed by atoms with Crippen molar-refractivity contribution >= 4 is 10.0 Å². The van der Waals surface area contributed by atoms with E-state index >= 15 is 0 Å². The Labute approximate surface area is 141 Å². The second-order valence-electron chi connectivity index (χ2n) is 5.46. The van der Waals surface area contributed by atoms with Gasteiger partial charge in [0.1, 0.15) is 0 Å². The van der Waals surface area contributed by atoms with Crippen LogP contribution in [0, 0.1) is 0 Å². The summed E-state index contributed by atoms with van der Waals surface area (Å²) in [6.07, 6.45) is 3.22. The molecule has 1 aromatic heterocycles. The first-order valence-corrected chi connectivity index (χ1v) is 8.97. The average molecular weight is 342 g/mol. The first kappa shape index (κ1) is 16.4. The summed E-state index contributed by atoms with van der Waals surface area (Å²) in [5.74, 6) is 0. The minimum absolute atomic E-state index is 0.108. The number of nitrogens with one attached hydrogen (secondary N) is 1. The van der Waals surface area contributed by atoms with Crippen molar-refractivity contribution in [2.45, 2.75) is 11.4 Å². The third-order valence-electron chi connectivity index (χ3n) is 3.78. The van der Waals surface area contributed by atoms with Crippen LogP contribution in [0.5, 0.6) is 0 Å². The van der Waals surface area contributed by atoms with E-state index in [2.05, 4.69) is 5.32 Å². The number of benzene rings is 2. The van der Waals surface area contributed by atoms with Crippen LogP contribution in [0.1, 0.15) is 5.56 Å². The molecule has 5 nitrogen and oxygen atoms in total. The van der Waals surface area contributed by atoms with Crippen molar-refractivity contribution in [3.05, 3.63) is 66.6 Å². The molecule has 3 aromatic rings. The van der Waals surface area contributed by atoms with Crippen molar-refractivity contribution in [1.29, 1.82) is 0 Å². The zero-order valence-corrected chi connectivity index (χ0v) is 14.0. The summed E-state index contributed by atoms with van der Waals surface area (Å²) in [5, 5.41) is 8.50. The number of furan rings is 1. The summed E-state index contributed by atoms with van der Waals surface area (Å²) >= 11 is 0. The van der Waals surface area contributed by atoms with Gasteiger partial charge in [0, 0.05) is 17.7 Å². The molecular weight excluding hydrogens is 324 g/mol. The fraction of sp³-hybridized carbons (Fsp3) is 0.111. The van der Waals surface area contributed by atoms with Gasteiger partial charge in [-0.05, 0) is 41.9 Å². The standard InChI is InChI=1S/C18H18N2O3S/c1-20-11-13-6-7-15(14-8-9-23-12-14)17(10-13)16-4-2-3-5-18(16)24(19,21)22/h2-10,12,20H,11H2,1H3,(H2,19,21,22). The van der Waals surface area contributed by atoms with Gasteiger partial charge in [0.2, 0.25) is 10.0 Å². The quantitative estimate of drug-likeness (QED) is 0.746. The fourth-order valence-electron chi connectivity index (χ4n) is 2.74. The van der Waals surface area contributed by atoms with Crippen LogP contribution in [0.2, 0.25) is 0 Å². The fourth-order valence-corrected chi connectivity index (χ4v) is 3.49. The molecule has 3 rings (SSSR count). The summed E-state index contributed by atoms with van der Waals surface area (Å²) in [4.78, 5) is 0.108. The molecule has 0 amide bonds. The Kier molecular flexibility index (Phi) is 4.53. The maximum absolute atomic E-state index is 12.0. The topological polar surface area (TPSA) is 85.3 Å². The molecule has 0 atom stereocenters. The van der Waals surface area contributed by atoms with E-state index in [9.17, 15) is 8.42 Å². The molecule has 0 unspecified atom stereocenters. The van der Waals surface area contributed by atoms with E-state index in [-0.39, 0.29) is 4.90 Å². The zero-order valence-electron chi connectivity index (χ0n) is 13.2. The molecule has 0 saturated heterocycles. The second-order valence-corrected chi connectivity index (χ2v) is 6.99. The van der Waals surface area contributed by atoms with Crippen LogP contribution in [0.4, 0.5) is 0 Å². The van der Waals surface area contributed by atoms with Gasteiger partial charge in [-0.25, -0.2) is 13.6 Å². The average Bonchev–Trinajstić information content (AvgIpc) is 3.09. The lowest BCUT2D eigenvalue weighted by Gasteiger charge is -2.14. The Morgan fingerprint density at radius 1 is 1.04 bits per heavy atom. The first-order valence-electron chi connectivity index (χ1n) is 7.43. The van der Waals surface area contributed by atoms with E-state index in [0.29, 0.717) is 12.1 Å². The summed E-state index contributed by atoms with van der Waals surface area (Å²) in [5.41, 5.74) is 4.19. The number of hydrogen-bond donors (Lipinski definition) is 2. The molecule has 1 heterocycles. The Bertz CT molecular complexity index is 948. The molecule has 0 aliphatic carbocycles. The molecule has 6 heteroatoms. The lowest BCUT2D eigenvalue weighted by Crippen LogP contribution is -2.13. The summed E-state index contributed by atoms with van der Waals surface area (Å²) < 4.78 is 29.1. The largest absolute Gasteiger partial charge is 0.472 e. The van der Waals surface area contributed by atoms with E-state index < -0.39 is 10.0 Å². The van der Waals surface area contributed by atoms with Gasteiger partial charge in [-0.3, -0.25) is 0 Å². The highest BCUT2D eigenvalue weighted by Crippen LogP contribution is 2.36. The summed E-state index contributed by atoms with van der Waals surface area (Å²) in [6, 6.07) is 14.5. The van der Waals surface area contributed by atoms with Gasteiger partial charge in [-0.15, -0.1) is 0 Å². The van der Waals surface area contributed by atoms with Gasteiger partial charge in [-0.2, -0.15) is 0 Å². The van der Waals surface area contributed by atoms with Crippen molar-refractivity contribution in [2.24, 2.45) is 5.14 Å². The predicted octanol–water partition coefficient (Wildman–Crippen LogP) is 2.98. The Morgan fingerprint density at radius 2 is 1.83 bits per heavy atom. The third kappa shape index (κ3) is 3.26. The molecule has 2 aromatic carbocycles. The smallest absolute Gasteiger partial charge is 0.238 e. The SMILES string of the molecule is CNCc1ccc(-c2ccoc2)c(-c2ccccc2S(N)(=O)=O)c1. The van der Waals surface area contributed by atoms with Gasteiger partial charge in [0.05, 0.1) is 17.4 Å². The maximum Gasteiger partial charge on any atom is 0.238 e. The van der Waals surface area contributed by atoms with Crippen LogP contribution in [-0.4, -0.2) is 15.5 Å². The van der Waals surface area contributed by atoms with Gasteiger partial charge in [-0.1, -0.05) is 30.3 Å². The molecule has 124 valence electrons. The molecule has 0 saturated carbocycles. The second kappa shape index (κ2) is 6.60. The molecule has 0 fully saturated rings. The Hall–Kier alpha value is -2.41. The van der Waals surface area contributed by atoms with Gasteiger partial charge < -0.3 is 9.73 Å². The summed E-state index contributed by atoms with van der Waals surface area (Å²) in [6.45, 7) is 0.677. The third-order valence-corrected chi connectivity index (χ3v) is 4.75. The van der Waals surface area contributed by atoms with E-state index in [1.54, 1.807) is 30.7 Å². The molecule has 0 spiro atoms. The van der Waals surface area contributed by atoms with Crippen molar-refractivity contribution in [2.75, 3.05) is 7.05 Å². The van der Waals surface area contributed by atoms with Crippen molar-refractivity contribution in [1.82, 2.24) is 5.32 Å². The van der Waals surface area contributed by atoms with Crippen LogP contribution in [0.25, 0.3) is 22.3 Å². The number of hydrogen-bond acceptors (Lipinski definition) is 4. The van der Waals surface area contributed by atoms with E-state index in [1.807, 2.05) is 31.3 Å². The lowest BCUT2D eigenvalue weighted by molar-refractivity contribution is 0.568. The van der Waals surface area contributed by atoms with Crippen molar-refractivity contribution in [3.8, 4) is 22.3 Å². The molecule has 0 aliphatic rings. The van der Waals surface area contributed by atoms with Crippen LogP contribution in [0.15, 0.2) is 70.4 Å². The van der Waals surface area contributed by atoms with Crippen LogP contribution in [-0.2, 0) is 16.6 Å². The number of rotatable bonds is 5. The van der Waals surface area contributed by atoms with Crippen LogP contribution >= 0.6 is 0 Å². The maximum atomic E-state index is 12.0. The lowest BCUT2D eigenvalue weighted by atomic mass is 9.94. The minimum Gasteiger partial charge on any atom is -0.472 e. The number of primary sulfonamides is 1. The van der Waals surface area contributed by atoms with Crippen LogP contribution in [0.3, 0.4) is 0 Å². The number of nitrogens with two attached hydrogens (primary N) is 1. The molecule has 24 heavy (non-hydrogen) atoms. The number of sulfonamides is 1. The molecule has 3 N–H and O–H groups in total. The summed E-state index contributed by atoms with van der Waals surface area (Å²) in [7, 11) is -1.97. The van der Waals surface area contributed by atoms with Gasteiger partial charge in [0.25, 0.3) is 0 Å². The predicted molar refractivity (Wildman–Crippen MR) is 93.7 cm³/mol. The highest BCUT2D eigenvalue weighted by molar-refractivity contribution is 7.89. The highest BCUT2D eigenvalue weighted by atomic mass is 32.2. The van der Waals surface area contributed by atoms with Crippen molar-refractivity contribution in [3.63, 3.8) is 0 Å². The Balaban J connectivity index is 2.28. The molecule has 0 aliphatic heterocycles. The minimum atomic E-state index is -3.83. The van der Waals surface area contributed by atoms with Crippen LogP contribution < -0.4 is 10.5 Å². The monoisotopic (exact) mass is 342 g/mol. The van der Waals surface area contributed by atoms with E-state index in [0.717, 1.165) is 22.3 Å². The highest BCUT2D eigenvalue weighted by Gasteiger charge is 2.18. The van der Waals surface area contributed by atoms with Crippen molar-refractivity contribution < 1.29 is 12.8 Å². The van der Waals surface area contributed by atoms with E-state index in [4.69, 9.17) is 9.56 Å². The molecule has 0 radical (unpaired) electrons. The van der Waals surface area contributed by atoms with E-state index in [1.165, 1.54) is 6.07 Å².